The number of benzene rings is 1. The zero-order chi connectivity index (χ0) is 23.6. The smallest absolute Gasteiger partial charge is 0.254 e. The second kappa shape index (κ2) is 9.55. The molecule has 2 N–H and O–H groups in total. The maximum Gasteiger partial charge on any atom is 0.254 e. The van der Waals surface area contributed by atoms with Gasteiger partial charge in [0, 0.05) is 17.0 Å². The number of anilines is 1. The normalized spacial score (nSPS) is 23.1. The van der Waals surface area contributed by atoms with Crippen LogP contribution in [0.5, 0.6) is 5.75 Å². The number of aliphatic hydroxyl groups excluding tert-OH is 1. The van der Waals surface area contributed by atoms with Gasteiger partial charge in [-0.2, -0.15) is 0 Å². The number of nitrogens with one attached hydrogen (secondary N) is 1. The number of nitrogens with zero attached hydrogens (tertiary/aromatic N) is 1. The van der Waals surface area contributed by atoms with E-state index in [1.165, 1.54) is 12.3 Å². The van der Waals surface area contributed by atoms with Crippen molar-refractivity contribution in [2.45, 2.75) is 71.7 Å². The van der Waals surface area contributed by atoms with Crippen LogP contribution in [0.1, 0.15) is 69.9 Å². The molecule has 1 aliphatic heterocycles. The highest BCUT2D eigenvalue weighted by molar-refractivity contribution is 5.95. The van der Waals surface area contributed by atoms with E-state index in [9.17, 15) is 14.3 Å². The fraction of sp³-hybridized carbons (Fsp3) is 0.520. The van der Waals surface area contributed by atoms with Gasteiger partial charge in [0.2, 0.25) is 0 Å². The van der Waals surface area contributed by atoms with Gasteiger partial charge in [0.05, 0.1) is 35.9 Å². The maximum atomic E-state index is 14.3. The molecule has 1 aromatic carbocycles. The van der Waals surface area contributed by atoms with E-state index in [2.05, 4.69) is 10.3 Å². The molecule has 1 fully saturated rings. The molecule has 1 amide bonds. The second-order valence-corrected chi connectivity index (χ2v) is 8.87. The Labute approximate surface area is 189 Å². The van der Waals surface area contributed by atoms with Crippen molar-refractivity contribution >= 4 is 11.6 Å². The van der Waals surface area contributed by atoms with Gasteiger partial charge in [-0.3, -0.25) is 9.78 Å². The summed E-state index contributed by atoms with van der Waals surface area (Å²) in [6, 6.07) is 6.52. The lowest BCUT2D eigenvalue weighted by Crippen LogP contribution is -2.33. The third-order valence-corrected chi connectivity index (χ3v) is 6.45. The number of halogens is 1. The first kappa shape index (κ1) is 24.1. The van der Waals surface area contributed by atoms with E-state index in [0.717, 1.165) is 5.56 Å². The van der Waals surface area contributed by atoms with Crippen LogP contribution in [0.4, 0.5) is 10.1 Å². The standard InChI is InChI=1S/C25H33FN2O4/c1-7-20(29)19-12-9-16(13-27-19)28-24(30)23-21(15(4)25(5,6)32-23)17-10-11-18(26)14(3)22(17)31-8-2/h9-13,15,20-21,23,29H,7-8H2,1-6H3,(H,28,30)/t15-,20+,21-,23+/m1/s1. The minimum Gasteiger partial charge on any atom is -0.493 e. The molecule has 2 heterocycles. The summed E-state index contributed by atoms with van der Waals surface area (Å²) < 4.78 is 26.3. The van der Waals surface area contributed by atoms with Crippen LogP contribution in [0.2, 0.25) is 0 Å². The van der Waals surface area contributed by atoms with Crippen molar-refractivity contribution in [2.75, 3.05) is 11.9 Å². The van der Waals surface area contributed by atoms with Gasteiger partial charge < -0.3 is 19.9 Å². The molecule has 6 nitrogen and oxygen atoms in total. The first-order valence-electron chi connectivity index (χ1n) is 11.1. The molecule has 174 valence electrons. The molecule has 1 saturated heterocycles. The average molecular weight is 445 g/mol. The summed E-state index contributed by atoms with van der Waals surface area (Å²) in [5.74, 6) is -0.516. The molecule has 0 aliphatic carbocycles. The Bertz CT molecular complexity index is 961. The summed E-state index contributed by atoms with van der Waals surface area (Å²) in [7, 11) is 0. The number of hydrogen-bond acceptors (Lipinski definition) is 5. The molecule has 0 bridgehead atoms. The van der Waals surface area contributed by atoms with Gasteiger partial charge in [0.15, 0.2) is 0 Å². The van der Waals surface area contributed by atoms with Gasteiger partial charge in [-0.25, -0.2) is 4.39 Å². The van der Waals surface area contributed by atoms with E-state index in [1.807, 2.05) is 34.6 Å². The number of amides is 1. The number of carbonyl (C=O) groups is 1. The highest BCUT2D eigenvalue weighted by Gasteiger charge is 2.51. The lowest BCUT2D eigenvalue weighted by Gasteiger charge is -2.26. The molecule has 3 rings (SSSR count). The highest BCUT2D eigenvalue weighted by Crippen LogP contribution is 2.49. The van der Waals surface area contributed by atoms with Crippen LogP contribution in [-0.4, -0.2) is 34.3 Å². The summed E-state index contributed by atoms with van der Waals surface area (Å²) in [6.07, 6.45) is 0.661. The van der Waals surface area contributed by atoms with Gasteiger partial charge in [-0.1, -0.05) is 19.9 Å². The first-order valence-corrected chi connectivity index (χ1v) is 11.1. The van der Waals surface area contributed by atoms with E-state index >= 15 is 0 Å². The average Bonchev–Trinajstić information content (AvgIpc) is 3.01. The quantitative estimate of drug-likeness (QED) is 0.634. The van der Waals surface area contributed by atoms with Crippen LogP contribution in [0, 0.1) is 18.7 Å². The Morgan fingerprint density at radius 1 is 1.31 bits per heavy atom. The maximum absolute atomic E-state index is 14.3. The zero-order valence-electron chi connectivity index (χ0n) is 19.6. The summed E-state index contributed by atoms with van der Waals surface area (Å²) in [5, 5.41) is 12.8. The Balaban J connectivity index is 1.93. The van der Waals surface area contributed by atoms with Crippen LogP contribution in [0.25, 0.3) is 0 Å². The number of carbonyl (C=O) groups excluding carboxylic acids is 1. The van der Waals surface area contributed by atoms with Gasteiger partial charge in [0.25, 0.3) is 5.91 Å². The van der Waals surface area contributed by atoms with Crippen molar-refractivity contribution in [3.8, 4) is 5.75 Å². The molecular formula is C25H33FN2O4. The molecule has 0 saturated carbocycles. The van der Waals surface area contributed by atoms with Crippen molar-refractivity contribution in [2.24, 2.45) is 5.92 Å². The summed E-state index contributed by atoms with van der Waals surface area (Å²) >= 11 is 0. The van der Waals surface area contributed by atoms with Crippen LogP contribution in [-0.2, 0) is 9.53 Å². The lowest BCUT2D eigenvalue weighted by molar-refractivity contribution is -0.131. The minimum atomic E-state index is -0.787. The Morgan fingerprint density at radius 2 is 2.03 bits per heavy atom. The van der Waals surface area contributed by atoms with E-state index in [0.29, 0.717) is 35.7 Å². The highest BCUT2D eigenvalue weighted by atomic mass is 19.1. The van der Waals surface area contributed by atoms with Gasteiger partial charge in [-0.05, 0) is 58.2 Å². The minimum absolute atomic E-state index is 0.0254. The SMILES string of the molecule is CCOc1c([C@@H]2[C@@H](C(=O)Nc3ccc([C@@H](O)CC)nc3)OC(C)(C)[C@@H]2C)ccc(F)c1C. The number of rotatable bonds is 7. The van der Waals surface area contributed by atoms with Gasteiger partial charge in [-0.15, -0.1) is 0 Å². The molecule has 4 atom stereocenters. The van der Waals surface area contributed by atoms with E-state index in [4.69, 9.17) is 9.47 Å². The van der Waals surface area contributed by atoms with Crippen molar-refractivity contribution in [1.82, 2.24) is 4.98 Å². The van der Waals surface area contributed by atoms with Crippen molar-refractivity contribution in [1.29, 1.82) is 0 Å². The monoisotopic (exact) mass is 444 g/mol. The van der Waals surface area contributed by atoms with Crippen molar-refractivity contribution in [3.63, 3.8) is 0 Å². The molecule has 0 spiro atoms. The van der Waals surface area contributed by atoms with Crippen LogP contribution < -0.4 is 10.1 Å². The van der Waals surface area contributed by atoms with Crippen LogP contribution >= 0.6 is 0 Å². The molecule has 0 unspecified atom stereocenters. The second-order valence-electron chi connectivity index (χ2n) is 8.87. The fourth-order valence-corrected chi connectivity index (χ4v) is 4.24. The van der Waals surface area contributed by atoms with Gasteiger partial charge in [0.1, 0.15) is 17.7 Å². The molecule has 7 heteroatoms. The lowest BCUT2D eigenvalue weighted by atomic mass is 9.77. The zero-order valence-corrected chi connectivity index (χ0v) is 19.6. The van der Waals surface area contributed by atoms with Crippen LogP contribution in [0.15, 0.2) is 30.5 Å². The van der Waals surface area contributed by atoms with E-state index in [-0.39, 0.29) is 23.6 Å². The number of ether oxygens (including phenoxy) is 2. The molecule has 32 heavy (non-hydrogen) atoms. The molecule has 1 aromatic heterocycles. The van der Waals surface area contributed by atoms with Crippen LogP contribution in [0.3, 0.4) is 0 Å². The van der Waals surface area contributed by atoms with E-state index < -0.39 is 17.8 Å². The predicted molar refractivity (Wildman–Crippen MR) is 121 cm³/mol. The topological polar surface area (TPSA) is 80.7 Å². The Morgan fingerprint density at radius 3 is 2.62 bits per heavy atom. The predicted octanol–water partition coefficient (Wildman–Crippen LogP) is 4.91. The summed E-state index contributed by atoms with van der Waals surface area (Å²) in [6.45, 7) is 11.7. The third kappa shape index (κ3) is 4.64. The number of aromatic nitrogens is 1. The Hall–Kier alpha value is -2.51. The Kier molecular flexibility index (Phi) is 7.20. The number of aliphatic hydroxyl groups is 1. The summed E-state index contributed by atoms with van der Waals surface area (Å²) in [5.41, 5.74) is 1.70. The molecular weight excluding hydrogens is 411 g/mol. The first-order chi connectivity index (χ1) is 15.1. The fourth-order valence-electron chi connectivity index (χ4n) is 4.24. The summed E-state index contributed by atoms with van der Waals surface area (Å²) in [4.78, 5) is 17.5. The van der Waals surface area contributed by atoms with Crippen molar-refractivity contribution in [3.05, 3.63) is 53.1 Å². The molecule has 1 aliphatic rings. The van der Waals surface area contributed by atoms with Crippen molar-refractivity contribution < 1.29 is 23.8 Å². The largest absolute Gasteiger partial charge is 0.493 e. The van der Waals surface area contributed by atoms with Gasteiger partial charge >= 0.3 is 0 Å². The number of hydrogen-bond donors (Lipinski definition) is 2. The molecule has 0 radical (unpaired) electrons. The van der Waals surface area contributed by atoms with E-state index in [1.54, 1.807) is 25.1 Å². The number of pyridine rings is 1. The molecule has 2 aromatic rings. The third-order valence-electron chi connectivity index (χ3n) is 6.45.